The topological polar surface area (TPSA) is 81.2 Å². The lowest BCUT2D eigenvalue weighted by atomic mass is 10.1. The molecule has 0 fully saturated rings. The summed E-state index contributed by atoms with van der Waals surface area (Å²) in [5.41, 5.74) is 0.747. The molecule has 0 aliphatic carbocycles. The SMILES string of the molecule is CNC(Cc1cc(OC)ncn1)C(C)S(C)(=O)=O. The molecule has 0 aliphatic rings. The maximum Gasteiger partial charge on any atom is 0.216 e. The lowest BCUT2D eigenvalue weighted by Crippen LogP contribution is -2.42. The number of nitrogens with one attached hydrogen (secondary N) is 1. The van der Waals surface area contributed by atoms with Crippen LogP contribution in [0, 0.1) is 0 Å². The molecular formula is C11H19N3O3S. The summed E-state index contributed by atoms with van der Waals surface area (Å²) in [7, 11) is 0.182. The van der Waals surface area contributed by atoms with Crippen LogP contribution in [0.1, 0.15) is 12.6 Å². The third-order valence-electron chi connectivity index (χ3n) is 2.95. The van der Waals surface area contributed by atoms with Gasteiger partial charge in [0.15, 0.2) is 9.84 Å². The van der Waals surface area contributed by atoms with Gasteiger partial charge in [-0.05, 0) is 14.0 Å². The van der Waals surface area contributed by atoms with Crippen molar-refractivity contribution in [1.29, 1.82) is 0 Å². The quantitative estimate of drug-likeness (QED) is 0.788. The summed E-state index contributed by atoms with van der Waals surface area (Å²) in [6.45, 7) is 1.69. The van der Waals surface area contributed by atoms with Gasteiger partial charge in [0.1, 0.15) is 6.33 Å². The van der Waals surface area contributed by atoms with E-state index in [-0.39, 0.29) is 6.04 Å². The second-order valence-corrected chi connectivity index (χ2v) is 6.59. The summed E-state index contributed by atoms with van der Waals surface area (Å²) in [4.78, 5) is 8.03. The number of sulfone groups is 1. The molecule has 0 aromatic carbocycles. The minimum Gasteiger partial charge on any atom is -0.481 e. The van der Waals surface area contributed by atoms with Crippen molar-refractivity contribution in [2.75, 3.05) is 20.4 Å². The predicted octanol–water partition coefficient (Wildman–Crippen LogP) is 0.0488. The maximum atomic E-state index is 11.5. The van der Waals surface area contributed by atoms with Gasteiger partial charge in [-0.3, -0.25) is 0 Å². The molecule has 1 N–H and O–H groups in total. The minimum absolute atomic E-state index is 0.195. The van der Waals surface area contributed by atoms with Gasteiger partial charge in [0.2, 0.25) is 5.88 Å². The van der Waals surface area contributed by atoms with E-state index < -0.39 is 15.1 Å². The number of hydrogen-bond acceptors (Lipinski definition) is 6. The van der Waals surface area contributed by atoms with Crippen LogP contribution in [-0.4, -0.2) is 50.1 Å². The molecule has 18 heavy (non-hydrogen) atoms. The number of methoxy groups -OCH3 is 1. The number of aromatic nitrogens is 2. The summed E-state index contributed by atoms with van der Waals surface area (Å²) in [5, 5.41) is 2.53. The molecule has 1 heterocycles. The molecule has 2 atom stereocenters. The van der Waals surface area contributed by atoms with E-state index in [4.69, 9.17) is 4.74 Å². The molecule has 0 radical (unpaired) electrons. The van der Waals surface area contributed by atoms with Gasteiger partial charge in [-0.1, -0.05) is 0 Å². The van der Waals surface area contributed by atoms with Gasteiger partial charge in [0.05, 0.1) is 12.4 Å². The number of ether oxygens (including phenoxy) is 1. The van der Waals surface area contributed by atoms with Gasteiger partial charge in [0.25, 0.3) is 0 Å². The Morgan fingerprint density at radius 1 is 1.44 bits per heavy atom. The van der Waals surface area contributed by atoms with Crippen LogP contribution < -0.4 is 10.1 Å². The standard InChI is InChI=1S/C11H19N3O3S/c1-8(18(4,15)16)10(12-2)5-9-6-11(17-3)14-7-13-9/h6-8,10,12H,5H2,1-4H3. The van der Waals surface area contributed by atoms with Crippen molar-refractivity contribution in [2.24, 2.45) is 0 Å². The molecule has 0 bridgehead atoms. The van der Waals surface area contributed by atoms with E-state index in [2.05, 4.69) is 15.3 Å². The Balaban J connectivity index is 2.86. The monoisotopic (exact) mass is 273 g/mol. The average molecular weight is 273 g/mol. The van der Waals surface area contributed by atoms with Crippen molar-refractivity contribution in [1.82, 2.24) is 15.3 Å². The zero-order chi connectivity index (χ0) is 13.8. The third kappa shape index (κ3) is 3.92. The largest absolute Gasteiger partial charge is 0.481 e. The van der Waals surface area contributed by atoms with E-state index in [9.17, 15) is 8.42 Å². The van der Waals surface area contributed by atoms with E-state index in [0.29, 0.717) is 12.3 Å². The Kier molecular flexibility index (Phi) is 5.03. The molecule has 7 heteroatoms. The van der Waals surface area contributed by atoms with E-state index in [1.54, 1.807) is 20.0 Å². The Hall–Kier alpha value is -1.21. The van der Waals surface area contributed by atoms with Gasteiger partial charge in [-0.2, -0.15) is 0 Å². The number of rotatable bonds is 6. The average Bonchev–Trinajstić information content (AvgIpc) is 2.34. The Morgan fingerprint density at radius 2 is 2.11 bits per heavy atom. The molecule has 0 spiro atoms. The van der Waals surface area contributed by atoms with Crippen molar-refractivity contribution in [3.63, 3.8) is 0 Å². The Labute approximate surface area is 108 Å². The predicted molar refractivity (Wildman–Crippen MR) is 69.4 cm³/mol. The smallest absolute Gasteiger partial charge is 0.216 e. The van der Waals surface area contributed by atoms with Crippen LogP contribution in [-0.2, 0) is 16.3 Å². The molecule has 1 aromatic rings. The van der Waals surface area contributed by atoms with Crippen LogP contribution in [0.25, 0.3) is 0 Å². The van der Waals surface area contributed by atoms with Crippen molar-refractivity contribution in [3.05, 3.63) is 18.1 Å². The molecular weight excluding hydrogens is 254 g/mol. The zero-order valence-corrected chi connectivity index (χ0v) is 11.9. The molecule has 6 nitrogen and oxygen atoms in total. The lowest BCUT2D eigenvalue weighted by Gasteiger charge is -2.21. The van der Waals surface area contributed by atoms with Crippen molar-refractivity contribution in [3.8, 4) is 5.88 Å². The molecule has 0 saturated heterocycles. The van der Waals surface area contributed by atoms with Crippen LogP contribution in [0.15, 0.2) is 12.4 Å². The fourth-order valence-electron chi connectivity index (χ4n) is 1.63. The minimum atomic E-state index is -3.09. The number of nitrogens with zero attached hydrogens (tertiary/aromatic N) is 2. The first-order valence-corrected chi connectivity index (χ1v) is 7.55. The van der Waals surface area contributed by atoms with Gasteiger partial charge in [0, 0.05) is 30.5 Å². The first-order valence-electron chi connectivity index (χ1n) is 5.59. The van der Waals surface area contributed by atoms with E-state index in [1.165, 1.54) is 19.7 Å². The molecule has 102 valence electrons. The van der Waals surface area contributed by atoms with Crippen LogP contribution in [0.5, 0.6) is 5.88 Å². The second-order valence-electron chi connectivity index (χ2n) is 4.19. The molecule has 0 aliphatic heterocycles. The number of likely N-dealkylation sites (N-methyl/N-ethyl adjacent to an activating group) is 1. The highest BCUT2D eigenvalue weighted by atomic mass is 32.2. The van der Waals surface area contributed by atoms with E-state index >= 15 is 0 Å². The van der Waals surface area contributed by atoms with Crippen LogP contribution in [0.2, 0.25) is 0 Å². The molecule has 2 unspecified atom stereocenters. The summed E-state index contributed by atoms with van der Waals surface area (Å²) in [6, 6.07) is 1.51. The summed E-state index contributed by atoms with van der Waals surface area (Å²) in [6.07, 6.45) is 3.15. The van der Waals surface area contributed by atoms with Crippen molar-refractivity contribution < 1.29 is 13.2 Å². The summed E-state index contributed by atoms with van der Waals surface area (Å²) < 4.78 is 28.1. The Bertz CT molecular complexity index is 490. The van der Waals surface area contributed by atoms with Crippen LogP contribution in [0.3, 0.4) is 0 Å². The highest BCUT2D eigenvalue weighted by molar-refractivity contribution is 7.91. The maximum absolute atomic E-state index is 11.5. The fraction of sp³-hybridized carbons (Fsp3) is 0.636. The number of hydrogen-bond donors (Lipinski definition) is 1. The van der Waals surface area contributed by atoms with E-state index in [1.807, 2.05) is 0 Å². The van der Waals surface area contributed by atoms with Gasteiger partial charge < -0.3 is 10.1 Å². The second kappa shape index (κ2) is 6.10. The fourth-order valence-corrected chi connectivity index (χ4v) is 2.46. The third-order valence-corrected chi connectivity index (χ3v) is 4.63. The first kappa shape index (κ1) is 14.8. The van der Waals surface area contributed by atoms with Crippen molar-refractivity contribution >= 4 is 9.84 Å². The van der Waals surface area contributed by atoms with Gasteiger partial charge in [-0.15, -0.1) is 0 Å². The first-order chi connectivity index (χ1) is 8.38. The Morgan fingerprint density at radius 3 is 2.61 bits per heavy atom. The summed E-state index contributed by atoms with van der Waals surface area (Å²) in [5.74, 6) is 0.474. The van der Waals surface area contributed by atoms with Crippen molar-refractivity contribution in [2.45, 2.75) is 24.6 Å². The van der Waals surface area contributed by atoms with Gasteiger partial charge in [-0.25, -0.2) is 18.4 Å². The highest BCUT2D eigenvalue weighted by Crippen LogP contribution is 2.12. The molecule has 0 saturated carbocycles. The van der Waals surface area contributed by atoms with Gasteiger partial charge >= 0.3 is 0 Å². The summed E-state index contributed by atoms with van der Waals surface area (Å²) >= 11 is 0. The van der Waals surface area contributed by atoms with Crippen LogP contribution >= 0.6 is 0 Å². The lowest BCUT2D eigenvalue weighted by molar-refractivity contribution is 0.395. The van der Waals surface area contributed by atoms with Crippen LogP contribution in [0.4, 0.5) is 0 Å². The molecule has 1 rings (SSSR count). The molecule has 0 amide bonds. The highest BCUT2D eigenvalue weighted by Gasteiger charge is 2.25. The zero-order valence-electron chi connectivity index (χ0n) is 11.0. The normalized spacial score (nSPS) is 15.1. The van der Waals surface area contributed by atoms with E-state index in [0.717, 1.165) is 5.69 Å². The molecule has 1 aromatic heterocycles.